The highest BCUT2D eigenvalue weighted by molar-refractivity contribution is 5.81. The van der Waals surface area contributed by atoms with E-state index in [0.717, 1.165) is 42.7 Å². The van der Waals surface area contributed by atoms with Gasteiger partial charge >= 0.3 is 0 Å². The van der Waals surface area contributed by atoms with Crippen molar-refractivity contribution in [3.63, 3.8) is 0 Å². The lowest BCUT2D eigenvalue weighted by molar-refractivity contribution is -0.122. The van der Waals surface area contributed by atoms with Gasteiger partial charge in [0.05, 0.1) is 19.8 Å². The van der Waals surface area contributed by atoms with Crippen molar-refractivity contribution in [3.05, 3.63) is 23.8 Å². The van der Waals surface area contributed by atoms with E-state index in [9.17, 15) is 4.79 Å². The summed E-state index contributed by atoms with van der Waals surface area (Å²) >= 11 is 0. The predicted molar refractivity (Wildman–Crippen MR) is 88.4 cm³/mol. The third kappa shape index (κ3) is 5.93. The van der Waals surface area contributed by atoms with E-state index in [1.165, 1.54) is 0 Å². The van der Waals surface area contributed by atoms with Gasteiger partial charge < -0.3 is 20.5 Å². The van der Waals surface area contributed by atoms with Crippen molar-refractivity contribution in [3.8, 4) is 11.5 Å². The molecule has 0 aromatic heterocycles. The highest BCUT2D eigenvalue weighted by Crippen LogP contribution is 2.28. The normalized spacial score (nSPS) is 11.8. The molecule has 0 fully saturated rings. The largest absolute Gasteiger partial charge is 0.493 e. The summed E-state index contributed by atoms with van der Waals surface area (Å²) in [5.74, 6) is 1.44. The van der Waals surface area contributed by atoms with Crippen molar-refractivity contribution < 1.29 is 14.3 Å². The molecule has 0 aliphatic carbocycles. The van der Waals surface area contributed by atoms with Crippen LogP contribution in [-0.2, 0) is 11.2 Å². The summed E-state index contributed by atoms with van der Waals surface area (Å²) in [5, 5.41) is 2.88. The Kier molecular flexibility index (Phi) is 8.36. The molecule has 1 unspecified atom stereocenters. The van der Waals surface area contributed by atoms with Crippen LogP contribution in [0.3, 0.4) is 0 Å². The van der Waals surface area contributed by atoms with Crippen LogP contribution in [0.15, 0.2) is 18.2 Å². The number of methoxy groups -OCH3 is 1. The minimum absolute atomic E-state index is 0.0633. The molecular formula is C17H28N2O3. The minimum atomic E-state index is -0.393. The quantitative estimate of drug-likeness (QED) is 0.650. The molecule has 0 aliphatic rings. The van der Waals surface area contributed by atoms with Gasteiger partial charge in [-0.3, -0.25) is 4.79 Å². The summed E-state index contributed by atoms with van der Waals surface area (Å²) in [5.41, 5.74) is 6.93. The van der Waals surface area contributed by atoms with Crippen LogP contribution in [0.1, 0.15) is 38.7 Å². The minimum Gasteiger partial charge on any atom is -0.493 e. The van der Waals surface area contributed by atoms with Crippen molar-refractivity contribution in [2.24, 2.45) is 5.73 Å². The predicted octanol–water partition coefficient (Wildman–Crippen LogP) is 2.27. The fraction of sp³-hybridized carbons (Fsp3) is 0.588. The van der Waals surface area contributed by atoms with Gasteiger partial charge in [0, 0.05) is 6.54 Å². The number of carbonyl (C=O) groups excluding carboxylic acids is 1. The van der Waals surface area contributed by atoms with Gasteiger partial charge in [-0.15, -0.1) is 0 Å². The molecular weight excluding hydrogens is 280 g/mol. The van der Waals surface area contributed by atoms with Crippen LogP contribution in [0.4, 0.5) is 0 Å². The van der Waals surface area contributed by atoms with Crippen LogP contribution in [-0.4, -0.2) is 32.2 Å². The fourth-order valence-corrected chi connectivity index (χ4v) is 2.22. The van der Waals surface area contributed by atoms with Crippen LogP contribution in [0, 0.1) is 0 Å². The van der Waals surface area contributed by atoms with Crippen molar-refractivity contribution >= 4 is 5.91 Å². The van der Waals surface area contributed by atoms with Gasteiger partial charge in [-0.2, -0.15) is 0 Å². The zero-order valence-electron chi connectivity index (χ0n) is 13.9. The Morgan fingerprint density at radius 3 is 2.73 bits per heavy atom. The first-order valence-corrected chi connectivity index (χ1v) is 7.95. The average Bonchev–Trinajstić information content (AvgIpc) is 2.52. The first kappa shape index (κ1) is 18.3. The zero-order chi connectivity index (χ0) is 16.4. The maximum absolute atomic E-state index is 11.7. The first-order valence-electron chi connectivity index (χ1n) is 7.95. The number of aryl methyl sites for hydroxylation is 1. The van der Waals surface area contributed by atoms with Crippen LogP contribution in [0.25, 0.3) is 0 Å². The molecule has 0 saturated carbocycles. The summed E-state index contributed by atoms with van der Waals surface area (Å²) in [6, 6.07) is 5.53. The number of ether oxygens (including phenoxy) is 2. The zero-order valence-corrected chi connectivity index (χ0v) is 13.9. The summed E-state index contributed by atoms with van der Waals surface area (Å²) in [6.45, 7) is 5.20. The molecule has 1 aromatic rings. The molecule has 0 spiro atoms. The topological polar surface area (TPSA) is 73.6 Å². The number of amides is 1. The molecule has 0 radical (unpaired) electrons. The van der Waals surface area contributed by atoms with E-state index in [1.54, 1.807) is 7.11 Å². The molecule has 5 nitrogen and oxygen atoms in total. The molecule has 0 saturated heterocycles. The van der Waals surface area contributed by atoms with Gasteiger partial charge in [-0.1, -0.05) is 19.4 Å². The van der Waals surface area contributed by atoms with E-state index in [-0.39, 0.29) is 5.91 Å². The molecule has 5 heteroatoms. The molecule has 1 atom stereocenters. The summed E-state index contributed by atoms with van der Waals surface area (Å²) in [4.78, 5) is 11.7. The van der Waals surface area contributed by atoms with Gasteiger partial charge in [-0.25, -0.2) is 0 Å². The van der Waals surface area contributed by atoms with E-state index in [2.05, 4.69) is 5.32 Å². The van der Waals surface area contributed by atoms with Crippen molar-refractivity contribution in [1.29, 1.82) is 0 Å². The summed E-state index contributed by atoms with van der Waals surface area (Å²) < 4.78 is 10.8. The molecule has 0 bridgehead atoms. The van der Waals surface area contributed by atoms with Crippen LogP contribution in [0.2, 0.25) is 0 Å². The lowest BCUT2D eigenvalue weighted by atomic mass is 10.1. The molecule has 1 rings (SSSR count). The van der Waals surface area contributed by atoms with Crippen LogP contribution >= 0.6 is 0 Å². The standard InChI is InChI=1S/C17H28N2O3/c1-4-7-14(18)17(20)19-11-6-8-13-9-10-15(21-3)16(12-13)22-5-2/h9-10,12,14H,4-8,11,18H2,1-3H3,(H,19,20). The highest BCUT2D eigenvalue weighted by atomic mass is 16.5. The van der Waals surface area contributed by atoms with Gasteiger partial charge in [0.2, 0.25) is 5.91 Å². The van der Waals surface area contributed by atoms with Gasteiger partial charge in [0.1, 0.15) is 0 Å². The van der Waals surface area contributed by atoms with E-state index in [0.29, 0.717) is 13.2 Å². The van der Waals surface area contributed by atoms with E-state index in [4.69, 9.17) is 15.2 Å². The number of benzene rings is 1. The Bertz CT molecular complexity index is 463. The SMILES string of the molecule is CCCC(N)C(=O)NCCCc1ccc(OC)c(OCC)c1. The third-order valence-electron chi connectivity index (χ3n) is 3.41. The number of nitrogens with two attached hydrogens (primary N) is 1. The van der Waals surface area contributed by atoms with Crippen molar-refractivity contribution in [1.82, 2.24) is 5.32 Å². The molecule has 1 aromatic carbocycles. The van der Waals surface area contributed by atoms with E-state index >= 15 is 0 Å². The third-order valence-corrected chi connectivity index (χ3v) is 3.41. The fourth-order valence-electron chi connectivity index (χ4n) is 2.22. The van der Waals surface area contributed by atoms with Crippen molar-refractivity contribution in [2.45, 2.75) is 45.6 Å². The van der Waals surface area contributed by atoms with Crippen LogP contribution < -0.4 is 20.5 Å². The second kappa shape index (κ2) is 10.1. The van der Waals surface area contributed by atoms with Crippen LogP contribution in [0.5, 0.6) is 11.5 Å². The number of carbonyl (C=O) groups is 1. The first-order chi connectivity index (χ1) is 10.6. The number of hydrogen-bond acceptors (Lipinski definition) is 4. The molecule has 124 valence electrons. The van der Waals surface area contributed by atoms with E-state index < -0.39 is 6.04 Å². The summed E-state index contributed by atoms with van der Waals surface area (Å²) in [7, 11) is 1.63. The second-order valence-electron chi connectivity index (χ2n) is 5.21. The Balaban J connectivity index is 2.42. The summed E-state index contributed by atoms with van der Waals surface area (Å²) in [6.07, 6.45) is 3.37. The molecule has 0 aliphatic heterocycles. The Morgan fingerprint density at radius 1 is 1.32 bits per heavy atom. The maximum atomic E-state index is 11.7. The second-order valence-corrected chi connectivity index (χ2v) is 5.21. The molecule has 3 N–H and O–H groups in total. The molecule has 0 heterocycles. The Hall–Kier alpha value is -1.75. The molecule has 22 heavy (non-hydrogen) atoms. The Labute approximate surface area is 133 Å². The maximum Gasteiger partial charge on any atom is 0.236 e. The van der Waals surface area contributed by atoms with Crippen molar-refractivity contribution in [2.75, 3.05) is 20.3 Å². The smallest absolute Gasteiger partial charge is 0.236 e. The Morgan fingerprint density at radius 2 is 2.09 bits per heavy atom. The highest BCUT2D eigenvalue weighted by Gasteiger charge is 2.11. The number of rotatable bonds is 10. The lowest BCUT2D eigenvalue weighted by Crippen LogP contribution is -2.40. The lowest BCUT2D eigenvalue weighted by Gasteiger charge is -2.12. The monoisotopic (exact) mass is 308 g/mol. The van der Waals surface area contributed by atoms with E-state index in [1.807, 2.05) is 32.0 Å². The molecule has 1 amide bonds. The van der Waals surface area contributed by atoms with Gasteiger partial charge in [0.15, 0.2) is 11.5 Å². The van der Waals surface area contributed by atoms with Gasteiger partial charge in [-0.05, 0) is 43.9 Å². The number of hydrogen-bond donors (Lipinski definition) is 2. The number of nitrogens with one attached hydrogen (secondary N) is 1. The average molecular weight is 308 g/mol. The van der Waals surface area contributed by atoms with Gasteiger partial charge in [0.25, 0.3) is 0 Å².